The summed E-state index contributed by atoms with van der Waals surface area (Å²) in [6.07, 6.45) is -8.70. The molecule has 1 atom stereocenters. The molecule has 14 heteroatoms. The second kappa shape index (κ2) is 13.6. The predicted molar refractivity (Wildman–Crippen MR) is 181 cm³/mol. The SMILES string of the molecule is Cc1cc(F)ccc1-c1cc(N2CSCC2C(C)(C)O[Si]C(C)(C)C)ncc1N(C)C(=O)C(C)(C)c1cc(C(F)(F)F)cc(C(F)(F)F)c1. The molecule has 1 fully saturated rings. The Balaban J connectivity index is 1.81. The quantitative estimate of drug-likeness (QED) is 0.171. The van der Waals surface area contributed by atoms with Crippen LogP contribution in [0.3, 0.4) is 0 Å². The van der Waals surface area contributed by atoms with E-state index in [1.165, 1.54) is 44.1 Å². The number of anilines is 2. The van der Waals surface area contributed by atoms with E-state index in [0.29, 0.717) is 40.5 Å². The highest BCUT2D eigenvalue weighted by atomic mass is 32.2. The third kappa shape index (κ3) is 8.62. The van der Waals surface area contributed by atoms with Gasteiger partial charge in [0.15, 0.2) is 0 Å². The molecule has 1 unspecified atom stereocenters. The first-order chi connectivity index (χ1) is 22.3. The zero-order valence-corrected chi connectivity index (χ0v) is 30.6. The third-order valence-corrected chi connectivity index (χ3v) is 10.7. The van der Waals surface area contributed by atoms with Crippen molar-refractivity contribution in [2.24, 2.45) is 0 Å². The molecule has 1 aliphatic rings. The maximum atomic E-state index is 14.2. The van der Waals surface area contributed by atoms with Crippen LogP contribution in [0.1, 0.15) is 70.7 Å². The van der Waals surface area contributed by atoms with Gasteiger partial charge in [-0.15, -0.1) is 11.8 Å². The Bertz CT molecular complexity index is 1670. The molecule has 4 rings (SSSR count). The standard InChI is InChI=1S/C35H40F7N3O2SSi/c1-20-12-24(36)10-11-25(20)26-16-29(45-19-48-18-28(45)33(7,8)47-49-31(2,3)4)43-17-27(26)44(9)30(46)32(5,6)21-13-22(34(37,38)39)15-23(14-21)35(40,41)42/h10-17,28H,18-19H2,1-9H3. The number of hydrogen-bond acceptors (Lipinski definition) is 5. The number of benzene rings is 2. The van der Waals surface area contributed by atoms with Crippen LogP contribution < -0.4 is 9.80 Å². The van der Waals surface area contributed by atoms with Crippen LogP contribution in [0.25, 0.3) is 11.1 Å². The smallest absolute Gasteiger partial charge is 0.410 e. The molecule has 1 aromatic heterocycles. The van der Waals surface area contributed by atoms with Gasteiger partial charge in [-0.05, 0) is 92.7 Å². The van der Waals surface area contributed by atoms with Crippen LogP contribution in [0.5, 0.6) is 0 Å². The Hall–Kier alpha value is -3.10. The van der Waals surface area contributed by atoms with Gasteiger partial charge in [-0.25, -0.2) is 9.37 Å². The van der Waals surface area contributed by atoms with Crippen LogP contribution in [0.15, 0.2) is 48.7 Å². The fraction of sp³-hybridized carbons (Fsp3) is 0.486. The van der Waals surface area contributed by atoms with Gasteiger partial charge in [-0.1, -0.05) is 26.8 Å². The molecule has 0 N–H and O–H groups in total. The molecule has 0 saturated carbocycles. The first kappa shape index (κ1) is 38.7. The third-order valence-electron chi connectivity index (χ3n) is 8.46. The van der Waals surface area contributed by atoms with E-state index in [4.69, 9.17) is 9.41 Å². The monoisotopic (exact) mass is 727 g/mol. The predicted octanol–water partition coefficient (Wildman–Crippen LogP) is 9.69. The van der Waals surface area contributed by atoms with Crippen molar-refractivity contribution in [1.29, 1.82) is 0 Å². The highest BCUT2D eigenvalue weighted by molar-refractivity contribution is 7.99. The van der Waals surface area contributed by atoms with Crippen molar-refractivity contribution in [2.75, 3.05) is 28.5 Å². The first-order valence-electron chi connectivity index (χ1n) is 15.5. The first-order valence-corrected chi connectivity index (χ1v) is 17.5. The van der Waals surface area contributed by atoms with Gasteiger partial charge in [0.25, 0.3) is 0 Å². The maximum absolute atomic E-state index is 14.2. The zero-order valence-electron chi connectivity index (χ0n) is 28.8. The van der Waals surface area contributed by atoms with Crippen molar-refractivity contribution in [1.82, 2.24) is 4.98 Å². The van der Waals surface area contributed by atoms with E-state index >= 15 is 0 Å². The molecule has 0 aliphatic carbocycles. The largest absolute Gasteiger partial charge is 0.416 e. The van der Waals surface area contributed by atoms with Crippen molar-refractivity contribution in [3.05, 3.63) is 76.7 Å². The van der Waals surface area contributed by atoms with Gasteiger partial charge in [0.2, 0.25) is 15.7 Å². The molecule has 1 amide bonds. The Morgan fingerprint density at radius 2 is 1.47 bits per heavy atom. The van der Waals surface area contributed by atoms with Crippen molar-refractivity contribution in [2.45, 2.75) is 89.8 Å². The minimum absolute atomic E-state index is 0.0334. The van der Waals surface area contributed by atoms with Crippen molar-refractivity contribution < 1.29 is 40.0 Å². The molecule has 3 aromatic rings. The number of nitrogens with zero attached hydrogens (tertiary/aromatic N) is 3. The molecule has 0 spiro atoms. The van der Waals surface area contributed by atoms with E-state index in [-0.39, 0.29) is 32.6 Å². The molecule has 2 radical (unpaired) electrons. The molecule has 5 nitrogen and oxygen atoms in total. The number of carbonyl (C=O) groups excluding carboxylic acids is 1. The summed E-state index contributed by atoms with van der Waals surface area (Å²) < 4.78 is 103. The van der Waals surface area contributed by atoms with Crippen molar-refractivity contribution >= 4 is 38.9 Å². The lowest BCUT2D eigenvalue weighted by Gasteiger charge is -2.39. The second-order valence-corrected chi connectivity index (χ2v) is 17.3. The van der Waals surface area contributed by atoms with E-state index in [1.54, 1.807) is 30.8 Å². The average Bonchev–Trinajstić information content (AvgIpc) is 3.49. The van der Waals surface area contributed by atoms with Crippen LogP contribution in [-0.4, -0.2) is 51.0 Å². The number of thioether (sulfide) groups is 1. The minimum atomic E-state index is -5.08. The summed E-state index contributed by atoms with van der Waals surface area (Å²) >= 11 is 1.71. The van der Waals surface area contributed by atoms with Gasteiger partial charge in [0.1, 0.15) is 11.6 Å². The molecule has 2 heterocycles. The van der Waals surface area contributed by atoms with E-state index in [1.807, 2.05) is 13.8 Å². The number of aromatic nitrogens is 1. The fourth-order valence-electron chi connectivity index (χ4n) is 5.57. The molecule has 266 valence electrons. The number of amides is 1. The van der Waals surface area contributed by atoms with Crippen molar-refractivity contribution in [3.63, 3.8) is 0 Å². The highest BCUT2D eigenvalue weighted by Gasteiger charge is 2.43. The number of hydrogen-bond donors (Lipinski definition) is 0. The Morgan fingerprint density at radius 3 is 2.00 bits per heavy atom. The number of likely N-dealkylation sites (N-methyl/N-ethyl adjacent to an activating group) is 1. The van der Waals surface area contributed by atoms with Crippen molar-refractivity contribution in [3.8, 4) is 11.1 Å². The summed E-state index contributed by atoms with van der Waals surface area (Å²) in [5.41, 5.74) is -4.02. The molecule has 1 saturated heterocycles. The summed E-state index contributed by atoms with van der Waals surface area (Å²) in [6.45, 7) is 14.6. The van der Waals surface area contributed by atoms with Gasteiger partial charge < -0.3 is 14.2 Å². The maximum Gasteiger partial charge on any atom is 0.416 e. The highest BCUT2D eigenvalue weighted by Crippen LogP contribution is 2.43. The van der Waals surface area contributed by atoms with Gasteiger partial charge in [-0.3, -0.25) is 4.79 Å². The molecule has 0 bridgehead atoms. The van der Waals surface area contributed by atoms with Gasteiger partial charge in [0.05, 0.1) is 45.9 Å². The van der Waals surface area contributed by atoms with Crippen LogP contribution in [0.2, 0.25) is 5.04 Å². The zero-order chi connectivity index (χ0) is 36.9. The van der Waals surface area contributed by atoms with Gasteiger partial charge in [-0.2, -0.15) is 26.3 Å². The summed E-state index contributed by atoms with van der Waals surface area (Å²) in [5.74, 6) is 0.689. The van der Waals surface area contributed by atoms with Gasteiger partial charge in [0, 0.05) is 18.4 Å². The summed E-state index contributed by atoms with van der Waals surface area (Å²) in [7, 11) is 1.63. The average molecular weight is 728 g/mol. The number of aryl methyl sites for hydroxylation is 1. The van der Waals surface area contributed by atoms with Gasteiger partial charge >= 0.3 is 12.4 Å². The summed E-state index contributed by atoms with van der Waals surface area (Å²) in [4.78, 5) is 22.1. The topological polar surface area (TPSA) is 45.7 Å². The summed E-state index contributed by atoms with van der Waals surface area (Å²) in [6, 6.07) is 7.06. The number of pyridine rings is 1. The lowest BCUT2D eigenvalue weighted by Crippen LogP contribution is -2.50. The fourth-order valence-corrected chi connectivity index (χ4v) is 7.70. The Kier molecular flexibility index (Phi) is 10.7. The molecule has 2 aromatic carbocycles. The summed E-state index contributed by atoms with van der Waals surface area (Å²) in [5, 5.41) is -0.0334. The number of rotatable bonds is 8. The normalized spacial score (nSPS) is 16.3. The van der Waals surface area contributed by atoms with Crippen LogP contribution >= 0.6 is 11.8 Å². The van der Waals surface area contributed by atoms with Crippen LogP contribution in [0.4, 0.5) is 42.2 Å². The number of carbonyl (C=O) groups is 1. The molecule has 49 heavy (non-hydrogen) atoms. The molecular formula is C35H40F7N3O2SSi. The van der Waals surface area contributed by atoms with E-state index in [9.17, 15) is 35.5 Å². The lowest BCUT2D eigenvalue weighted by molar-refractivity contribution is -0.143. The Morgan fingerprint density at radius 1 is 0.898 bits per heavy atom. The Labute approximate surface area is 289 Å². The molecular weight excluding hydrogens is 688 g/mol. The number of alkyl halides is 6. The van der Waals surface area contributed by atoms with Crippen LogP contribution in [0, 0.1) is 12.7 Å². The number of halogens is 7. The lowest BCUT2D eigenvalue weighted by atomic mass is 9.81. The van der Waals surface area contributed by atoms with Crippen LogP contribution in [-0.2, 0) is 27.0 Å². The molecule has 1 aliphatic heterocycles. The second-order valence-electron chi connectivity index (χ2n) is 14.3. The minimum Gasteiger partial charge on any atom is -0.410 e. The van der Waals surface area contributed by atoms with E-state index in [2.05, 4.69) is 25.7 Å². The van der Waals surface area contributed by atoms with E-state index in [0.717, 1.165) is 5.75 Å². The van der Waals surface area contributed by atoms with E-state index < -0.39 is 51.8 Å².